The molecule has 36 heavy (non-hydrogen) atoms. The SMILES string of the molecule is Cc1c(C(=O)O)cn2ncc(C#N)c(Nc3ccc(Oc4ccccc4OC(C)(C)C(=O)O)cc3)c12. The normalized spacial score (nSPS) is 11.1. The third kappa shape index (κ3) is 4.63. The number of aliphatic carboxylic acids is 1. The first-order valence-electron chi connectivity index (χ1n) is 10.8. The molecular formula is C26H22N4O6. The predicted molar refractivity (Wildman–Crippen MR) is 130 cm³/mol. The minimum Gasteiger partial charge on any atom is -0.478 e. The van der Waals surface area contributed by atoms with Crippen molar-refractivity contribution in [2.24, 2.45) is 0 Å². The fourth-order valence-electron chi connectivity index (χ4n) is 3.53. The summed E-state index contributed by atoms with van der Waals surface area (Å²) in [5, 5.41) is 35.7. The van der Waals surface area contributed by atoms with Crippen LogP contribution in [0.5, 0.6) is 17.2 Å². The monoisotopic (exact) mass is 486 g/mol. The second-order valence-electron chi connectivity index (χ2n) is 8.43. The molecule has 0 bridgehead atoms. The molecule has 0 spiro atoms. The van der Waals surface area contributed by atoms with Crippen molar-refractivity contribution in [2.75, 3.05) is 5.32 Å². The van der Waals surface area contributed by atoms with Gasteiger partial charge < -0.3 is 25.0 Å². The lowest BCUT2D eigenvalue weighted by molar-refractivity contribution is -0.152. The highest BCUT2D eigenvalue weighted by Crippen LogP contribution is 2.35. The van der Waals surface area contributed by atoms with E-state index in [9.17, 15) is 25.1 Å². The maximum absolute atomic E-state index is 11.6. The van der Waals surface area contributed by atoms with E-state index in [0.29, 0.717) is 34.0 Å². The van der Waals surface area contributed by atoms with E-state index in [0.717, 1.165) is 0 Å². The van der Waals surface area contributed by atoms with Crippen LogP contribution in [0, 0.1) is 18.3 Å². The number of nitriles is 1. The Morgan fingerprint density at radius 1 is 1.08 bits per heavy atom. The Morgan fingerprint density at radius 3 is 2.36 bits per heavy atom. The number of nitrogens with zero attached hydrogens (tertiary/aromatic N) is 3. The average molecular weight is 486 g/mol. The van der Waals surface area contributed by atoms with Gasteiger partial charge in [-0.1, -0.05) is 12.1 Å². The van der Waals surface area contributed by atoms with Gasteiger partial charge in [0, 0.05) is 11.9 Å². The van der Waals surface area contributed by atoms with Gasteiger partial charge in [-0.2, -0.15) is 10.4 Å². The van der Waals surface area contributed by atoms with Crippen molar-refractivity contribution >= 4 is 28.8 Å². The van der Waals surface area contributed by atoms with Crippen molar-refractivity contribution in [3.8, 4) is 23.3 Å². The highest BCUT2D eigenvalue weighted by molar-refractivity contribution is 5.96. The van der Waals surface area contributed by atoms with Gasteiger partial charge in [0.2, 0.25) is 0 Å². The average Bonchev–Trinajstić information content (AvgIpc) is 3.18. The number of hydrogen-bond donors (Lipinski definition) is 3. The lowest BCUT2D eigenvalue weighted by Gasteiger charge is -2.23. The Hall–Kier alpha value is -5.04. The fraction of sp³-hybridized carbons (Fsp3) is 0.154. The first kappa shape index (κ1) is 24.1. The Labute approximate surface area is 205 Å². The lowest BCUT2D eigenvalue weighted by Crippen LogP contribution is -2.37. The van der Waals surface area contributed by atoms with Crippen molar-refractivity contribution in [2.45, 2.75) is 26.4 Å². The van der Waals surface area contributed by atoms with Gasteiger partial charge in [-0.3, -0.25) is 0 Å². The quantitative estimate of drug-likeness (QED) is 0.313. The molecule has 0 radical (unpaired) electrons. The van der Waals surface area contributed by atoms with Crippen molar-refractivity contribution in [1.29, 1.82) is 5.26 Å². The molecule has 4 rings (SSSR count). The van der Waals surface area contributed by atoms with E-state index >= 15 is 0 Å². The highest BCUT2D eigenvalue weighted by atomic mass is 16.5. The molecule has 0 aliphatic carbocycles. The van der Waals surface area contributed by atoms with Crippen LogP contribution in [-0.2, 0) is 4.79 Å². The third-order valence-corrected chi connectivity index (χ3v) is 5.49. The van der Waals surface area contributed by atoms with Gasteiger partial charge in [0.05, 0.1) is 28.5 Å². The molecule has 182 valence electrons. The largest absolute Gasteiger partial charge is 0.478 e. The third-order valence-electron chi connectivity index (χ3n) is 5.49. The number of aromatic nitrogens is 2. The van der Waals surface area contributed by atoms with Gasteiger partial charge in [0.25, 0.3) is 0 Å². The van der Waals surface area contributed by atoms with Gasteiger partial charge in [0.15, 0.2) is 17.1 Å². The van der Waals surface area contributed by atoms with E-state index in [1.54, 1.807) is 55.5 Å². The number of anilines is 2. The second kappa shape index (κ2) is 9.31. The van der Waals surface area contributed by atoms with Crippen LogP contribution >= 0.6 is 0 Å². The van der Waals surface area contributed by atoms with E-state index in [2.05, 4.69) is 16.5 Å². The van der Waals surface area contributed by atoms with Crippen LogP contribution in [0.4, 0.5) is 11.4 Å². The van der Waals surface area contributed by atoms with E-state index < -0.39 is 17.5 Å². The predicted octanol–water partition coefficient (Wildman–Crippen LogP) is 4.99. The first-order valence-corrected chi connectivity index (χ1v) is 10.8. The van der Waals surface area contributed by atoms with Gasteiger partial charge in [-0.15, -0.1) is 0 Å². The number of benzene rings is 2. The number of fused-ring (bicyclic) bond motifs is 1. The number of aryl methyl sites for hydroxylation is 1. The van der Waals surface area contributed by atoms with E-state index in [-0.39, 0.29) is 16.9 Å². The lowest BCUT2D eigenvalue weighted by atomic mass is 10.1. The van der Waals surface area contributed by atoms with E-state index in [4.69, 9.17) is 9.47 Å². The molecule has 0 saturated carbocycles. The van der Waals surface area contributed by atoms with Crippen LogP contribution in [0.15, 0.2) is 60.9 Å². The van der Waals surface area contributed by atoms with Gasteiger partial charge >= 0.3 is 11.9 Å². The summed E-state index contributed by atoms with van der Waals surface area (Å²) in [4.78, 5) is 23.0. The Balaban J connectivity index is 1.61. The molecule has 2 aromatic carbocycles. The molecule has 0 aliphatic heterocycles. The van der Waals surface area contributed by atoms with Crippen molar-refractivity contribution in [1.82, 2.24) is 9.61 Å². The van der Waals surface area contributed by atoms with E-state index in [1.807, 2.05) is 0 Å². The molecule has 0 fully saturated rings. The van der Waals surface area contributed by atoms with Crippen molar-refractivity contribution < 1.29 is 29.3 Å². The minimum absolute atomic E-state index is 0.0938. The number of carboxylic acid groups (broad SMARTS) is 2. The summed E-state index contributed by atoms with van der Waals surface area (Å²) in [6.07, 6.45) is 2.77. The number of para-hydroxylation sites is 2. The van der Waals surface area contributed by atoms with Crippen LogP contribution in [-0.4, -0.2) is 37.4 Å². The first-order chi connectivity index (χ1) is 17.1. The summed E-state index contributed by atoms with van der Waals surface area (Å²) in [6, 6.07) is 15.7. The number of carbonyl (C=O) groups is 2. The number of hydrogen-bond acceptors (Lipinski definition) is 7. The van der Waals surface area contributed by atoms with Gasteiger partial charge in [0.1, 0.15) is 11.8 Å². The zero-order chi connectivity index (χ0) is 26.0. The Morgan fingerprint density at radius 2 is 1.75 bits per heavy atom. The summed E-state index contributed by atoms with van der Waals surface area (Å²) in [5.74, 6) is -1.09. The standard InChI is InChI=1S/C26H22N4O6/c1-15-19(24(31)32)14-30-23(15)22(16(12-27)13-28-30)29-17-8-10-18(11-9-17)35-20-6-4-5-7-21(20)36-26(2,3)25(33)34/h4-11,13-14,29H,1-3H3,(H,31,32)(H,33,34). The second-order valence-corrected chi connectivity index (χ2v) is 8.43. The highest BCUT2D eigenvalue weighted by Gasteiger charge is 2.30. The van der Waals surface area contributed by atoms with E-state index in [1.165, 1.54) is 30.8 Å². The molecule has 0 unspecified atom stereocenters. The smallest absolute Gasteiger partial charge is 0.347 e. The minimum atomic E-state index is -1.45. The number of rotatable bonds is 8. The van der Waals surface area contributed by atoms with Crippen molar-refractivity contribution in [3.05, 3.63) is 77.6 Å². The Bertz CT molecular complexity index is 1520. The molecule has 10 heteroatoms. The summed E-state index contributed by atoms with van der Waals surface area (Å²) in [5.41, 5.74) is 0.930. The molecule has 10 nitrogen and oxygen atoms in total. The fourth-order valence-corrected chi connectivity index (χ4v) is 3.53. The summed E-state index contributed by atoms with van der Waals surface area (Å²) < 4.78 is 13.0. The molecule has 2 heterocycles. The number of nitrogens with one attached hydrogen (secondary N) is 1. The topological polar surface area (TPSA) is 146 Å². The number of aromatic carboxylic acids is 1. The molecule has 0 amide bonds. The number of carboxylic acids is 2. The maximum atomic E-state index is 11.6. The number of ether oxygens (including phenoxy) is 2. The van der Waals surface area contributed by atoms with Gasteiger partial charge in [-0.25, -0.2) is 14.1 Å². The molecular weight excluding hydrogens is 464 g/mol. The summed E-state index contributed by atoms with van der Waals surface area (Å²) in [7, 11) is 0. The van der Waals surface area contributed by atoms with Crippen LogP contribution < -0.4 is 14.8 Å². The zero-order valence-corrected chi connectivity index (χ0v) is 19.6. The molecule has 0 atom stereocenters. The molecule has 2 aromatic heterocycles. The van der Waals surface area contributed by atoms with Crippen molar-refractivity contribution in [3.63, 3.8) is 0 Å². The molecule has 4 aromatic rings. The Kier molecular flexibility index (Phi) is 6.23. The van der Waals surface area contributed by atoms with Crippen LogP contribution in [0.2, 0.25) is 0 Å². The molecule has 3 N–H and O–H groups in total. The molecule has 0 aliphatic rings. The summed E-state index contributed by atoms with van der Waals surface area (Å²) in [6.45, 7) is 4.56. The maximum Gasteiger partial charge on any atom is 0.347 e. The van der Waals surface area contributed by atoms with Crippen LogP contribution in [0.1, 0.15) is 35.3 Å². The zero-order valence-electron chi connectivity index (χ0n) is 19.6. The summed E-state index contributed by atoms with van der Waals surface area (Å²) >= 11 is 0. The van der Waals surface area contributed by atoms with Crippen LogP contribution in [0.25, 0.3) is 5.52 Å². The molecule has 0 saturated heterocycles. The van der Waals surface area contributed by atoms with Crippen LogP contribution in [0.3, 0.4) is 0 Å². The van der Waals surface area contributed by atoms with Gasteiger partial charge in [-0.05, 0) is 62.7 Å².